The Morgan fingerprint density at radius 2 is 1.84 bits per heavy atom. The molecule has 0 saturated heterocycles. The van der Waals surface area contributed by atoms with Crippen molar-refractivity contribution in [2.24, 2.45) is 7.05 Å². The molecule has 3 aromatic heterocycles. The van der Waals surface area contributed by atoms with Crippen LogP contribution in [0.4, 0.5) is 10.1 Å². The molecule has 0 aliphatic heterocycles. The maximum Gasteiger partial charge on any atom is 0.137 e. The first-order valence-electron chi connectivity index (χ1n) is 9.37. The van der Waals surface area contributed by atoms with E-state index < -0.39 is 0 Å². The van der Waals surface area contributed by atoms with Crippen LogP contribution in [0.3, 0.4) is 0 Å². The first-order valence-corrected chi connectivity index (χ1v) is 10.6. The molecule has 0 bridgehead atoms. The minimum atomic E-state index is -0.369. The maximum absolute atomic E-state index is 15.0. The molecular weight excluding hydrogens is 435 g/mol. The third-order valence-electron chi connectivity index (χ3n) is 4.77. The Morgan fingerprint density at radius 3 is 2.58 bits per heavy atom. The first-order chi connectivity index (χ1) is 15.1. The van der Waals surface area contributed by atoms with Crippen molar-refractivity contribution in [2.45, 2.75) is 4.90 Å². The van der Waals surface area contributed by atoms with Crippen molar-refractivity contribution in [3.8, 4) is 22.4 Å². The van der Waals surface area contributed by atoms with Crippen LogP contribution in [0.5, 0.6) is 0 Å². The van der Waals surface area contributed by atoms with E-state index in [9.17, 15) is 0 Å². The highest BCUT2D eigenvalue weighted by molar-refractivity contribution is 8.00. The molecule has 0 aliphatic rings. The van der Waals surface area contributed by atoms with Gasteiger partial charge in [-0.3, -0.25) is 4.68 Å². The van der Waals surface area contributed by atoms with Crippen molar-refractivity contribution >= 4 is 34.8 Å². The number of aromatic nitrogens is 5. The van der Waals surface area contributed by atoms with Gasteiger partial charge in [0.05, 0.1) is 11.7 Å². The zero-order valence-corrected chi connectivity index (χ0v) is 17.9. The van der Waals surface area contributed by atoms with Gasteiger partial charge in [-0.1, -0.05) is 11.6 Å². The second-order valence-electron chi connectivity index (χ2n) is 6.92. The molecule has 154 valence electrons. The molecular formula is C22H16ClFN6S. The van der Waals surface area contributed by atoms with Crippen molar-refractivity contribution in [3.05, 3.63) is 84.3 Å². The van der Waals surface area contributed by atoms with Crippen molar-refractivity contribution < 1.29 is 4.39 Å². The minimum absolute atomic E-state index is 0.369. The molecule has 0 unspecified atom stereocenters. The lowest BCUT2D eigenvalue weighted by Crippen LogP contribution is -1.97. The standard InChI is InChI=1S/C22H16ClFN6S/c1-29-11-15(10-26-29)14-8-21-22(25-13-27-30(21)12-14)19-7-4-17(9-20(19)24)28-31-18-5-2-16(23)3-6-18/h2-13,28H,1H3. The van der Waals surface area contributed by atoms with E-state index in [1.165, 1.54) is 24.3 Å². The first kappa shape index (κ1) is 19.6. The fourth-order valence-corrected chi connectivity index (χ4v) is 4.02. The number of rotatable bonds is 5. The average Bonchev–Trinajstić information content (AvgIpc) is 3.39. The summed E-state index contributed by atoms with van der Waals surface area (Å²) in [5, 5.41) is 9.15. The molecule has 0 atom stereocenters. The van der Waals surface area contributed by atoms with E-state index in [2.05, 4.69) is 19.9 Å². The smallest absolute Gasteiger partial charge is 0.137 e. The number of aryl methyl sites for hydroxylation is 1. The lowest BCUT2D eigenvalue weighted by atomic mass is 10.1. The zero-order valence-electron chi connectivity index (χ0n) is 16.3. The average molecular weight is 451 g/mol. The van der Waals surface area contributed by atoms with Crippen LogP contribution in [-0.2, 0) is 7.05 Å². The largest absolute Gasteiger partial charge is 0.326 e. The lowest BCUT2D eigenvalue weighted by molar-refractivity contribution is 0.631. The van der Waals surface area contributed by atoms with Gasteiger partial charge in [0.15, 0.2) is 0 Å². The monoisotopic (exact) mass is 450 g/mol. The number of nitrogens with one attached hydrogen (secondary N) is 1. The topological polar surface area (TPSA) is 60.0 Å². The molecule has 6 nitrogen and oxygen atoms in total. The Bertz CT molecular complexity index is 1380. The maximum atomic E-state index is 15.0. The molecule has 5 rings (SSSR count). The normalized spacial score (nSPS) is 11.2. The van der Waals surface area contributed by atoms with Gasteiger partial charge in [-0.25, -0.2) is 13.9 Å². The van der Waals surface area contributed by atoms with Crippen molar-refractivity contribution in [3.63, 3.8) is 0 Å². The second kappa shape index (κ2) is 8.05. The second-order valence-corrected chi connectivity index (χ2v) is 8.24. The van der Waals surface area contributed by atoms with E-state index in [0.29, 0.717) is 22.0 Å². The van der Waals surface area contributed by atoms with Crippen LogP contribution < -0.4 is 4.72 Å². The van der Waals surface area contributed by atoms with Crippen LogP contribution in [0, 0.1) is 5.82 Å². The summed E-state index contributed by atoms with van der Waals surface area (Å²) < 4.78 is 21.6. The third kappa shape index (κ3) is 3.99. The summed E-state index contributed by atoms with van der Waals surface area (Å²) in [5.41, 5.74) is 4.20. The number of nitrogens with zero attached hydrogens (tertiary/aromatic N) is 5. The molecule has 0 amide bonds. The summed E-state index contributed by atoms with van der Waals surface area (Å²) in [4.78, 5) is 5.33. The van der Waals surface area contributed by atoms with Gasteiger partial charge in [-0.05, 0) is 60.5 Å². The van der Waals surface area contributed by atoms with Crippen molar-refractivity contribution in [1.82, 2.24) is 24.4 Å². The molecule has 9 heteroatoms. The number of hydrogen-bond donors (Lipinski definition) is 1. The summed E-state index contributed by atoms with van der Waals surface area (Å²) in [6, 6.07) is 14.4. The fraction of sp³-hybridized carbons (Fsp3) is 0.0455. The number of hydrogen-bond acceptors (Lipinski definition) is 5. The van der Waals surface area contributed by atoms with E-state index >= 15 is 4.39 Å². The summed E-state index contributed by atoms with van der Waals surface area (Å²) in [5.74, 6) is -0.369. The molecule has 0 fully saturated rings. The van der Waals surface area contributed by atoms with Gasteiger partial charge in [-0.15, -0.1) is 0 Å². The van der Waals surface area contributed by atoms with Gasteiger partial charge in [0.25, 0.3) is 0 Å². The summed E-state index contributed by atoms with van der Waals surface area (Å²) >= 11 is 7.29. The van der Waals surface area contributed by atoms with Crippen LogP contribution in [0.2, 0.25) is 5.02 Å². The Morgan fingerprint density at radius 1 is 1.00 bits per heavy atom. The van der Waals surface area contributed by atoms with E-state index in [4.69, 9.17) is 11.6 Å². The SMILES string of the molecule is Cn1cc(-c2cc3c(-c4ccc(NSc5ccc(Cl)cc5)cc4F)ncnn3c2)cn1. The molecule has 0 saturated carbocycles. The van der Waals surface area contributed by atoms with Gasteiger partial charge >= 0.3 is 0 Å². The highest BCUT2D eigenvalue weighted by Gasteiger charge is 2.14. The highest BCUT2D eigenvalue weighted by atomic mass is 35.5. The zero-order chi connectivity index (χ0) is 21.4. The number of halogens is 2. The van der Waals surface area contributed by atoms with Crippen LogP contribution in [0.1, 0.15) is 0 Å². The van der Waals surface area contributed by atoms with E-state index in [-0.39, 0.29) is 5.82 Å². The number of anilines is 1. The van der Waals surface area contributed by atoms with Gasteiger partial charge in [0.1, 0.15) is 17.8 Å². The Hall–Kier alpha value is -3.36. The van der Waals surface area contributed by atoms with Crippen LogP contribution in [-0.4, -0.2) is 24.4 Å². The fourth-order valence-electron chi connectivity index (χ4n) is 3.26. The van der Waals surface area contributed by atoms with E-state index in [1.807, 2.05) is 55.8 Å². The van der Waals surface area contributed by atoms with Crippen molar-refractivity contribution in [1.29, 1.82) is 0 Å². The highest BCUT2D eigenvalue weighted by Crippen LogP contribution is 2.31. The van der Waals surface area contributed by atoms with E-state index in [1.54, 1.807) is 21.5 Å². The van der Waals surface area contributed by atoms with Gasteiger partial charge in [-0.2, -0.15) is 10.2 Å². The Balaban J connectivity index is 1.44. The molecule has 2 aromatic carbocycles. The third-order valence-corrected chi connectivity index (χ3v) is 5.87. The lowest BCUT2D eigenvalue weighted by Gasteiger charge is -2.09. The van der Waals surface area contributed by atoms with E-state index in [0.717, 1.165) is 21.5 Å². The summed E-state index contributed by atoms with van der Waals surface area (Å²) in [6.07, 6.45) is 7.01. The van der Waals surface area contributed by atoms with Crippen LogP contribution in [0.25, 0.3) is 27.9 Å². The molecule has 3 heterocycles. The predicted octanol–water partition coefficient (Wildman–Crippen LogP) is 5.71. The predicted molar refractivity (Wildman–Crippen MR) is 122 cm³/mol. The van der Waals surface area contributed by atoms with Gasteiger partial charge in [0, 0.05) is 51.7 Å². The van der Waals surface area contributed by atoms with Crippen LogP contribution >= 0.6 is 23.5 Å². The number of benzene rings is 2. The molecule has 5 aromatic rings. The Labute approximate surface area is 186 Å². The minimum Gasteiger partial charge on any atom is -0.326 e. The van der Waals surface area contributed by atoms with Gasteiger partial charge < -0.3 is 4.72 Å². The summed E-state index contributed by atoms with van der Waals surface area (Å²) in [6.45, 7) is 0. The Kier molecular flexibility index (Phi) is 5.09. The van der Waals surface area contributed by atoms with Gasteiger partial charge in [0.2, 0.25) is 0 Å². The van der Waals surface area contributed by atoms with Crippen LogP contribution in [0.15, 0.2) is 78.3 Å². The summed E-state index contributed by atoms with van der Waals surface area (Å²) in [7, 11) is 1.86. The quantitative estimate of drug-likeness (QED) is 0.347. The number of fused-ring (bicyclic) bond motifs is 1. The molecule has 1 N–H and O–H groups in total. The molecule has 0 radical (unpaired) electrons. The van der Waals surface area contributed by atoms with Crippen molar-refractivity contribution in [2.75, 3.05) is 4.72 Å². The molecule has 0 spiro atoms. The molecule has 0 aliphatic carbocycles. The molecule has 31 heavy (non-hydrogen) atoms.